The van der Waals surface area contributed by atoms with Crippen molar-refractivity contribution in [2.45, 2.75) is 25.5 Å². The number of carboxylic acid groups (broad SMARTS) is 1. The molecule has 0 unspecified atom stereocenters. The summed E-state index contributed by atoms with van der Waals surface area (Å²) < 4.78 is 13.6. The zero-order valence-electron chi connectivity index (χ0n) is 9.20. The quantitative estimate of drug-likeness (QED) is 0.775. The molecule has 0 atom stereocenters. The summed E-state index contributed by atoms with van der Waals surface area (Å²) in [5, 5.41) is 8.75. The molecule has 88 valence electrons. The van der Waals surface area contributed by atoms with Gasteiger partial charge in [-0.2, -0.15) is 11.8 Å². The number of carboxylic acids is 1. The van der Waals surface area contributed by atoms with Gasteiger partial charge in [-0.3, -0.25) is 0 Å². The second-order valence-electron chi connectivity index (χ2n) is 3.49. The van der Waals surface area contributed by atoms with E-state index in [1.54, 1.807) is 23.9 Å². The number of halogens is 1. The van der Waals surface area contributed by atoms with Crippen molar-refractivity contribution in [2.75, 3.05) is 5.75 Å². The highest BCUT2D eigenvalue weighted by Gasteiger charge is 2.13. The van der Waals surface area contributed by atoms with E-state index in [2.05, 4.69) is 6.92 Å². The van der Waals surface area contributed by atoms with Gasteiger partial charge < -0.3 is 5.11 Å². The van der Waals surface area contributed by atoms with Crippen molar-refractivity contribution in [2.24, 2.45) is 0 Å². The van der Waals surface area contributed by atoms with E-state index in [4.69, 9.17) is 5.11 Å². The zero-order chi connectivity index (χ0) is 12.0. The molecule has 1 aromatic rings. The van der Waals surface area contributed by atoms with E-state index in [-0.39, 0.29) is 5.56 Å². The van der Waals surface area contributed by atoms with Gasteiger partial charge in [0.1, 0.15) is 5.82 Å². The van der Waals surface area contributed by atoms with Crippen LogP contribution in [-0.2, 0) is 5.75 Å². The summed E-state index contributed by atoms with van der Waals surface area (Å²) in [4.78, 5) is 10.7. The van der Waals surface area contributed by atoms with Gasteiger partial charge in [-0.15, -0.1) is 0 Å². The van der Waals surface area contributed by atoms with E-state index < -0.39 is 11.8 Å². The van der Waals surface area contributed by atoms with Crippen molar-refractivity contribution in [3.8, 4) is 0 Å². The van der Waals surface area contributed by atoms with Gasteiger partial charge in [-0.1, -0.05) is 25.5 Å². The Kier molecular flexibility index (Phi) is 5.32. The highest BCUT2D eigenvalue weighted by Crippen LogP contribution is 2.19. The highest BCUT2D eigenvalue weighted by molar-refractivity contribution is 7.98. The maximum Gasteiger partial charge on any atom is 0.338 e. The van der Waals surface area contributed by atoms with Gasteiger partial charge in [0, 0.05) is 5.75 Å². The molecule has 4 heteroatoms. The molecule has 2 nitrogen and oxygen atoms in total. The first-order valence-corrected chi connectivity index (χ1v) is 6.40. The van der Waals surface area contributed by atoms with Crippen LogP contribution in [0.3, 0.4) is 0 Å². The average Bonchev–Trinajstić information content (AvgIpc) is 2.26. The molecule has 0 fully saturated rings. The predicted molar refractivity (Wildman–Crippen MR) is 64.4 cm³/mol. The van der Waals surface area contributed by atoms with Crippen LogP contribution < -0.4 is 0 Å². The summed E-state index contributed by atoms with van der Waals surface area (Å²) >= 11 is 1.63. The van der Waals surface area contributed by atoms with Gasteiger partial charge in [-0.25, -0.2) is 9.18 Å². The fourth-order valence-electron chi connectivity index (χ4n) is 1.28. The van der Waals surface area contributed by atoms with Crippen molar-refractivity contribution in [1.29, 1.82) is 0 Å². The minimum absolute atomic E-state index is 0.242. The normalized spacial score (nSPS) is 10.4. The molecular formula is C12H15FO2S. The molecule has 1 rings (SSSR count). The van der Waals surface area contributed by atoms with Crippen LogP contribution in [-0.4, -0.2) is 16.8 Å². The first-order chi connectivity index (χ1) is 7.66. The van der Waals surface area contributed by atoms with E-state index in [0.717, 1.165) is 18.6 Å². The molecule has 16 heavy (non-hydrogen) atoms. The molecule has 0 aliphatic carbocycles. The fourth-order valence-corrected chi connectivity index (χ4v) is 2.36. The maximum atomic E-state index is 13.6. The van der Waals surface area contributed by atoms with Gasteiger partial charge in [0.2, 0.25) is 0 Å². The average molecular weight is 242 g/mol. The fraction of sp³-hybridized carbons (Fsp3) is 0.417. The highest BCUT2D eigenvalue weighted by atomic mass is 32.2. The Bertz CT molecular complexity index is 366. The Hall–Kier alpha value is -1.03. The SMILES string of the molecule is CCCCSCc1cccc(C(=O)O)c1F. The van der Waals surface area contributed by atoms with Crippen LogP contribution in [0.25, 0.3) is 0 Å². The Morgan fingerprint density at radius 3 is 2.88 bits per heavy atom. The van der Waals surface area contributed by atoms with Crippen LogP contribution in [0.2, 0.25) is 0 Å². The molecule has 0 aromatic heterocycles. The van der Waals surface area contributed by atoms with E-state index in [9.17, 15) is 9.18 Å². The van der Waals surface area contributed by atoms with Crippen molar-refractivity contribution in [1.82, 2.24) is 0 Å². The van der Waals surface area contributed by atoms with Crippen LogP contribution in [0.4, 0.5) is 4.39 Å². The van der Waals surface area contributed by atoms with Crippen LogP contribution in [0.1, 0.15) is 35.7 Å². The molecule has 0 aliphatic heterocycles. The third-order valence-electron chi connectivity index (χ3n) is 2.21. The van der Waals surface area contributed by atoms with Crippen LogP contribution in [0, 0.1) is 5.82 Å². The van der Waals surface area contributed by atoms with Crippen LogP contribution in [0.5, 0.6) is 0 Å². The lowest BCUT2D eigenvalue weighted by molar-refractivity contribution is 0.0691. The molecule has 0 amide bonds. The monoisotopic (exact) mass is 242 g/mol. The molecule has 0 aliphatic rings. The summed E-state index contributed by atoms with van der Waals surface area (Å²) in [6.07, 6.45) is 2.22. The van der Waals surface area contributed by atoms with Gasteiger partial charge in [0.15, 0.2) is 0 Å². The number of aromatic carboxylic acids is 1. The standard InChI is InChI=1S/C12H15FO2S/c1-2-3-7-16-8-9-5-4-6-10(11(9)13)12(14)15/h4-6H,2-3,7-8H2,1H3,(H,14,15). The van der Waals surface area contributed by atoms with Gasteiger partial charge >= 0.3 is 5.97 Å². The number of hydrogen-bond acceptors (Lipinski definition) is 2. The minimum Gasteiger partial charge on any atom is -0.478 e. The lowest BCUT2D eigenvalue weighted by Gasteiger charge is -2.05. The molecular weight excluding hydrogens is 227 g/mol. The lowest BCUT2D eigenvalue weighted by Crippen LogP contribution is -2.03. The van der Waals surface area contributed by atoms with Crippen molar-refractivity contribution < 1.29 is 14.3 Å². The topological polar surface area (TPSA) is 37.3 Å². The number of hydrogen-bond donors (Lipinski definition) is 1. The summed E-state index contributed by atoms with van der Waals surface area (Å²) in [6, 6.07) is 4.51. The first kappa shape index (κ1) is 13.0. The summed E-state index contributed by atoms with van der Waals surface area (Å²) in [5.74, 6) is -0.294. The second-order valence-corrected chi connectivity index (χ2v) is 4.60. The largest absolute Gasteiger partial charge is 0.478 e. The summed E-state index contributed by atoms with van der Waals surface area (Å²) in [5.41, 5.74) is 0.231. The first-order valence-electron chi connectivity index (χ1n) is 5.25. The minimum atomic E-state index is -1.21. The molecule has 1 aromatic carbocycles. The van der Waals surface area contributed by atoms with E-state index in [1.165, 1.54) is 6.07 Å². The molecule has 0 saturated carbocycles. The predicted octanol–water partition coefficient (Wildman–Crippen LogP) is 3.56. The van der Waals surface area contributed by atoms with E-state index in [0.29, 0.717) is 11.3 Å². The second kappa shape index (κ2) is 6.53. The molecule has 0 bridgehead atoms. The van der Waals surface area contributed by atoms with Gasteiger partial charge in [0.25, 0.3) is 0 Å². The number of rotatable bonds is 6. The van der Waals surface area contributed by atoms with Gasteiger partial charge in [0.05, 0.1) is 5.56 Å². The Morgan fingerprint density at radius 2 is 2.25 bits per heavy atom. The lowest BCUT2D eigenvalue weighted by atomic mass is 10.1. The van der Waals surface area contributed by atoms with Crippen LogP contribution >= 0.6 is 11.8 Å². The van der Waals surface area contributed by atoms with Gasteiger partial charge in [-0.05, 0) is 23.8 Å². The molecule has 1 N–H and O–H groups in total. The summed E-state index contributed by atoms with van der Waals surface area (Å²) in [6.45, 7) is 2.10. The molecule has 0 heterocycles. The Labute approximate surface area is 98.9 Å². The van der Waals surface area contributed by atoms with Crippen molar-refractivity contribution >= 4 is 17.7 Å². The Morgan fingerprint density at radius 1 is 1.50 bits per heavy atom. The zero-order valence-corrected chi connectivity index (χ0v) is 10.0. The third-order valence-corrected chi connectivity index (χ3v) is 3.30. The Balaban J connectivity index is 2.66. The maximum absolute atomic E-state index is 13.6. The van der Waals surface area contributed by atoms with E-state index >= 15 is 0 Å². The molecule has 0 saturated heterocycles. The molecule has 0 spiro atoms. The molecule has 0 radical (unpaired) electrons. The van der Waals surface area contributed by atoms with E-state index in [1.807, 2.05) is 0 Å². The van der Waals surface area contributed by atoms with Crippen LogP contribution in [0.15, 0.2) is 18.2 Å². The number of benzene rings is 1. The number of thioether (sulfide) groups is 1. The summed E-state index contributed by atoms with van der Waals surface area (Å²) in [7, 11) is 0. The number of carbonyl (C=O) groups is 1. The van der Waals surface area contributed by atoms with Crippen molar-refractivity contribution in [3.05, 3.63) is 35.1 Å². The smallest absolute Gasteiger partial charge is 0.338 e. The van der Waals surface area contributed by atoms with Crippen molar-refractivity contribution in [3.63, 3.8) is 0 Å². The number of unbranched alkanes of at least 4 members (excludes halogenated alkanes) is 1. The third kappa shape index (κ3) is 3.52.